The summed E-state index contributed by atoms with van der Waals surface area (Å²) in [7, 11) is 0. The SMILES string of the molecule is O=C(O)Cc1ccc(OCc2ccc(Cl)s2)cc1. The van der Waals surface area contributed by atoms with Gasteiger partial charge in [-0.3, -0.25) is 4.79 Å². The summed E-state index contributed by atoms with van der Waals surface area (Å²) in [4.78, 5) is 11.6. The summed E-state index contributed by atoms with van der Waals surface area (Å²) in [5.41, 5.74) is 0.758. The first-order chi connectivity index (χ1) is 8.63. The number of halogens is 1. The van der Waals surface area contributed by atoms with Gasteiger partial charge in [0.05, 0.1) is 10.8 Å². The van der Waals surface area contributed by atoms with Gasteiger partial charge in [-0.1, -0.05) is 23.7 Å². The van der Waals surface area contributed by atoms with Crippen LogP contribution in [0, 0.1) is 0 Å². The van der Waals surface area contributed by atoms with E-state index >= 15 is 0 Å². The van der Waals surface area contributed by atoms with Crippen LogP contribution in [0.15, 0.2) is 36.4 Å². The molecule has 1 N–H and O–H groups in total. The van der Waals surface area contributed by atoms with Crippen LogP contribution < -0.4 is 4.74 Å². The zero-order valence-corrected chi connectivity index (χ0v) is 11.0. The molecule has 3 nitrogen and oxygen atoms in total. The molecule has 0 aliphatic carbocycles. The minimum Gasteiger partial charge on any atom is -0.488 e. The second kappa shape index (κ2) is 5.89. The van der Waals surface area contributed by atoms with Crippen LogP contribution in [0.5, 0.6) is 5.75 Å². The quantitative estimate of drug-likeness (QED) is 0.911. The van der Waals surface area contributed by atoms with Crippen molar-refractivity contribution in [3.05, 3.63) is 51.2 Å². The van der Waals surface area contributed by atoms with Crippen molar-refractivity contribution in [2.75, 3.05) is 0 Å². The maximum atomic E-state index is 10.5. The highest BCUT2D eigenvalue weighted by Crippen LogP contribution is 2.23. The van der Waals surface area contributed by atoms with Crippen LogP contribution in [0.2, 0.25) is 4.34 Å². The van der Waals surface area contributed by atoms with Gasteiger partial charge in [-0.05, 0) is 29.8 Å². The molecule has 2 rings (SSSR count). The normalized spacial score (nSPS) is 10.3. The van der Waals surface area contributed by atoms with Gasteiger partial charge in [-0.2, -0.15) is 0 Å². The Morgan fingerprint density at radius 1 is 1.22 bits per heavy atom. The van der Waals surface area contributed by atoms with Gasteiger partial charge in [-0.25, -0.2) is 0 Å². The number of benzene rings is 1. The van der Waals surface area contributed by atoms with E-state index in [0.29, 0.717) is 12.4 Å². The predicted molar refractivity (Wildman–Crippen MR) is 71.4 cm³/mol. The van der Waals surface area contributed by atoms with Gasteiger partial charge >= 0.3 is 5.97 Å². The van der Waals surface area contributed by atoms with Gasteiger partial charge in [0.25, 0.3) is 0 Å². The molecular weight excluding hydrogens is 272 g/mol. The van der Waals surface area contributed by atoms with Crippen LogP contribution in [0.25, 0.3) is 0 Å². The fourth-order valence-corrected chi connectivity index (χ4v) is 2.46. The maximum absolute atomic E-state index is 10.5. The number of rotatable bonds is 5. The summed E-state index contributed by atoms with van der Waals surface area (Å²) in [6, 6.07) is 10.8. The highest BCUT2D eigenvalue weighted by atomic mass is 35.5. The third-order valence-electron chi connectivity index (χ3n) is 2.29. The summed E-state index contributed by atoms with van der Waals surface area (Å²) >= 11 is 7.30. The van der Waals surface area contributed by atoms with Crippen molar-refractivity contribution in [3.8, 4) is 5.75 Å². The molecular formula is C13H11ClO3S. The first-order valence-electron chi connectivity index (χ1n) is 5.31. The number of hydrogen-bond acceptors (Lipinski definition) is 3. The molecule has 0 saturated heterocycles. The Bertz CT molecular complexity index is 533. The van der Waals surface area contributed by atoms with E-state index in [2.05, 4.69) is 0 Å². The molecule has 94 valence electrons. The molecule has 0 saturated carbocycles. The molecule has 1 heterocycles. The average molecular weight is 283 g/mol. The Labute approximate surface area is 114 Å². The number of carbonyl (C=O) groups is 1. The maximum Gasteiger partial charge on any atom is 0.307 e. The smallest absolute Gasteiger partial charge is 0.307 e. The number of carboxylic acids is 1. The summed E-state index contributed by atoms with van der Waals surface area (Å²) < 4.78 is 6.31. The van der Waals surface area contributed by atoms with Gasteiger partial charge in [0.1, 0.15) is 12.4 Å². The van der Waals surface area contributed by atoms with E-state index < -0.39 is 5.97 Å². The fourth-order valence-electron chi connectivity index (χ4n) is 1.46. The van der Waals surface area contributed by atoms with E-state index in [-0.39, 0.29) is 6.42 Å². The van der Waals surface area contributed by atoms with E-state index in [1.807, 2.05) is 12.1 Å². The number of ether oxygens (including phenoxy) is 1. The second-order valence-corrected chi connectivity index (χ2v) is 5.51. The highest BCUT2D eigenvalue weighted by molar-refractivity contribution is 7.16. The zero-order valence-electron chi connectivity index (χ0n) is 9.43. The topological polar surface area (TPSA) is 46.5 Å². The standard InChI is InChI=1S/C13H11ClO3S/c14-12-6-5-11(18-12)8-17-10-3-1-9(2-4-10)7-13(15)16/h1-6H,7-8H2,(H,15,16). The van der Waals surface area contributed by atoms with Crippen molar-refractivity contribution in [2.24, 2.45) is 0 Å². The number of aliphatic carboxylic acids is 1. The van der Waals surface area contributed by atoms with Crippen molar-refractivity contribution in [1.82, 2.24) is 0 Å². The van der Waals surface area contributed by atoms with Crippen LogP contribution >= 0.6 is 22.9 Å². The molecule has 5 heteroatoms. The lowest BCUT2D eigenvalue weighted by Gasteiger charge is -2.05. The van der Waals surface area contributed by atoms with Gasteiger partial charge in [0, 0.05) is 4.88 Å². The molecule has 0 aliphatic rings. The van der Waals surface area contributed by atoms with Crippen molar-refractivity contribution >= 4 is 28.9 Å². The lowest BCUT2D eigenvalue weighted by molar-refractivity contribution is -0.136. The van der Waals surface area contributed by atoms with Crippen LogP contribution in [0.4, 0.5) is 0 Å². The Kier molecular flexibility index (Phi) is 4.23. The summed E-state index contributed by atoms with van der Waals surface area (Å²) in [6.45, 7) is 0.468. The van der Waals surface area contributed by atoms with Gasteiger partial charge < -0.3 is 9.84 Å². The zero-order chi connectivity index (χ0) is 13.0. The lowest BCUT2D eigenvalue weighted by Crippen LogP contribution is -2.00. The van der Waals surface area contributed by atoms with E-state index in [1.54, 1.807) is 24.3 Å². The monoisotopic (exact) mass is 282 g/mol. The summed E-state index contributed by atoms with van der Waals surface area (Å²) in [5.74, 6) is -0.120. The van der Waals surface area contributed by atoms with E-state index in [9.17, 15) is 4.79 Å². The van der Waals surface area contributed by atoms with Crippen molar-refractivity contribution in [3.63, 3.8) is 0 Å². The van der Waals surface area contributed by atoms with Gasteiger partial charge in [-0.15, -0.1) is 11.3 Å². The highest BCUT2D eigenvalue weighted by Gasteiger charge is 2.02. The third-order valence-corrected chi connectivity index (χ3v) is 3.49. The van der Waals surface area contributed by atoms with Crippen LogP contribution in [-0.2, 0) is 17.8 Å². The van der Waals surface area contributed by atoms with Crippen molar-refractivity contribution in [2.45, 2.75) is 13.0 Å². The van der Waals surface area contributed by atoms with Crippen LogP contribution in [0.3, 0.4) is 0 Å². The minimum atomic E-state index is -0.836. The van der Waals surface area contributed by atoms with E-state index in [1.165, 1.54) is 11.3 Å². The van der Waals surface area contributed by atoms with E-state index in [0.717, 1.165) is 14.8 Å². The van der Waals surface area contributed by atoms with Crippen molar-refractivity contribution in [1.29, 1.82) is 0 Å². The molecule has 0 amide bonds. The first-order valence-corrected chi connectivity index (χ1v) is 6.50. The largest absolute Gasteiger partial charge is 0.488 e. The van der Waals surface area contributed by atoms with E-state index in [4.69, 9.17) is 21.4 Å². The number of carboxylic acid groups (broad SMARTS) is 1. The van der Waals surface area contributed by atoms with Gasteiger partial charge in [0.2, 0.25) is 0 Å². The van der Waals surface area contributed by atoms with Crippen LogP contribution in [-0.4, -0.2) is 11.1 Å². The molecule has 0 atom stereocenters. The molecule has 0 unspecified atom stereocenters. The molecule has 18 heavy (non-hydrogen) atoms. The summed E-state index contributed by atoms with van der Waals surface area (Å²) in [5, 5.41) is 8.65. The predicted octanol–water partition coefficient (Wildman–Crippen LogP) is 3.61. The molecule has 0 bridgehead atoms. The average Bonchev–Trinajstić information content (AvgIpc) is 2.74. The fraction of sp³-hybridized carbons (Fsp3) is 0.154. The molecule has 0 radical (unpaired) electrons. The summed E-state index contributed by atoms with van der Waals surface area (Å²) in [6.07, 6.45) is 0.0286. The van der Waals surface area contributed by atoms with Gasteiger partial charge in [0.15, 0.2) is 0 Å². The Morgan fingerprint density at radius 2 is 1.94 bits per heavy atom. The lowest BCUT2D eigenvalue weighted by atomic mass is 10.1. The Balaban J connectivity index is 1.92. The molecule has 1 aromatic heterocycles. The minimum absolute atomic E-state index is 0.0286. The molecule has 1 aromatic carbocycles. The number of hydrogen-bond donors (Lipinski definition) is 1. The molecule has 2 aromatic rings. The molecule has 0 fully saturated rings. The molecule has 0 aliphatic heterocycles. The Hall–Kier alpha value is -1.52. The third kappa shape index (κ3) is 3.75. The first kappa shape index (κ1) is 12.9. The van der Waals surface area contributed by atoms with Crippen LogP contribution in [0.1, 0.15) is 10.4 Å². The Morgan fingerprint density at radius 3 is 2.50 bits per heavy atom. The number of thiophene rings is 1. The van der Waals surface area contributed by atoms with Crippen molar-refractivity contribution < 1.29 is 14.6 Å². The molecule has 0 spiro atoms. The second-order valence-electron chi connectivity index (χ2n) is 3.71.